The third kappa shape index (κ3) is 4.00. The van der Waals surface area contributed by atoms with Gasteiger partial charge >= 0.3 is 0 Å². The van der Waals surface area contributed by atoms with Gasteiger partial charge in [0.25, 0.3) is 0 Å². The van der Waals surface area contributed by atoms with Crippen LogP contribution in [0.5, 0.6) is 0 Å². The molecular formula is C17H22N2O3S. The Morgan fingerprint density at radius 3 is 2.87 bits per heavy atom. The lowest BCUT2D eigenvalue weighted by Gasteiger charge is -2.27. The van der Waals surface area contributed by atoms with E-state index in [-0.39, 0.29) is 25.0 Å². The van der Waals surface area contributed by atoms with Crippen molar-refractivity contribution in [2.24, 2.45) is 5.92 Å². The van der Waals surface area contributed by atoms with Crippen LogP contribution in [0.25, 0.3) is 10.8 Å². The average molecular weight is 334 g/mol. The van der Waals surface area contributed by atoms with E-state index >= 15 is 0 Å². The first-order valence-corrected chi connectivity index (χ1v) is 8.94. The van der Waals surface area contributed by atoms with Crippen molar-refractivity contribution >= 4 is 17.2 Å². The van der Waals surface area contributed by atoms with Gasteiger partial charge in [0, 0.05) is 12.6 Å². The van der Waals surface area contributed by atoms with Crippen molar-refractivity contribution in [1.29, 1.82) is 0 Å². The second-order valence-electron chi connectivity index (χ2n) is 6.14. The monoisotopic (exact) mass is 334 g/mol. The van der Waals surface area contributed by atoms with E-state index in [1.54, 1.807) is 11.3 Å². The number of amides is 1. The van der Waals surface area contributed by atoms with E-state index in [1.165, 1.54) is 0 Å². The van der Waals surface area contributed by atoms with Crippen molar-refractivity contribution in [2.75, 3.05) is 6.61 Å². The molecule has 2 aromatic heterocycles. The molecule has 1 amide bonds. The summed E-state index contributed by atoms with van der Waals surface area (Å²) in [6.45, 7) is 2.10. The molecule has 0 spiro atoms. The van der Waals surface area contributed by atoms with Gasteiger partial charge in [-0.3, -0.25) is 4.79 Å². The number of carbonyl (C=O) groups excluding carboxylic acids is 1. The fraction of sp³-hybridized carbons (Fsp3) is 0.529. The SMILES string of the molecule is Cc1oc(-c2cccs2)nc1CC(=O)NC1CCC(CO)CC1. The molecule has 3 rings (SSSR count). The summed E-state index contributed by atoms with van der Waals surface area (Å²) in [7, 11) is 0. The second kappa shape index (κ2) is 7.27. The molecule has 0 bridgehead atoms. The lowest BCUT2D eigenvalue weighted by atomic mass is 9.86. The highest BCUT2D eigenvalue weighted by Gasteiger charge is 2.23. The maximum absolute atomic E-state index is 12.2. The van der Waals surface area contributed by atoms with Crippen LogP contribution in [0.15, 0.2) is 21.9 Å². The minimum absolute atomic E-state index is 0.00780. The van der Waals surface area contributed by atoms with Crippen molar-refractivity contribution in [2.45, 2.75) is 45.1 Å². The zero-order valence-corrected chi connectivity index (χ0v) is 14.1. The van der Waals surface area contributed by atoms with Crippen LogP contribution in [-0.4, -0.2) is 28.6 Å². The number of carbonyl (C=O) groups is 1. The fourth-order valence-corrected chi connectivity index (χ4v) is 3.67. The minimum Gasteiger partial charge on any atom is -0.440 e. The van der Waals surface area contributed by atoms with Crippen LogP contribution in [0.3, 0.4) is 0 Å². The summed E-state index contributed by atoms with van der Waals surface area (Å²) in [6.07, 6.45) is 4.09. The quantitative estimate of drug-likeness (QED) is 0.881. The zero-order valence-electron chi connectivity index (χ0n) is 13.2. The summed E-state index contributed by atoms with van der Waals surface area (Å²) >= 11 is 1.57. The van der Waals surface area contributed by atoms with Crippen LogP contribution in [0.1, 0.15) is 37.1 Å². The predicted octanol–water partition coefficient (Wildman–Crippen LogP) is 2.92. The molecule has 1 aliphatic rings. The molecule has 2 aromatic rings. The van der Waals surface area contributed by atoms with Gasteiger partial charge in [0.15, 0.2) is 0 Å². The van der Waals surface area contributed by atoms with Crippen molar-refractivity contribution in [3.05, 3.63) is 29.0 Å². The largest absolute Gasteiger partial charge is 0.440 e. The van der Waals surface area contributed by atoms with Crippen LogP contribution >= 0.6 is 11.3 Å². The van der Waals surface area contributed by atoms with Crippen molar-refractivity contribution in [3.8, 4) is 10.8 Å². The topological polar surface area (TPSA) is 75.4 Å². The molecule has 124 valence electrons. The Bertz CT molecular complexity index is 643. The summed E-state index contributed by atoms with van der Waals surface area (Å²) in [5, 5.41) is 14.2. The molecule has 0 atom stereocenters. The Hall–Kier alpha value is -1.66. The molecule has 6 heteroatoms. The Balaban J connectivity index is 1.56. The molecule has 1 fully saturated rings. The van der Waals surface area contributed by atoms with Crippen molar-refractivity contribution in [3.63, 3.8) is 0 Å². The van der Waals surface area contributed by atoms with E-state index in [0.717, 1.165) is 30.6 Å². The van der Waals surface area contributed by atoms with Crippen LogP contribution in [-0.2, 0) is 11.2 Å². The van der Waals surface area contributed by atoms with E-state index in [9.17, 15) is 4.79 Å². The van der Waals surface area contributed by atoms with Crippen molar-refractivity contribution < 1.29 is 14.3 Å². The number of hydrogen-bond donors (Lipinski definition) is 2. The van der Waals surface area contributed by atoms with Gasteiger partial charge in [-0.1, -0.05) is 6.07 Å². The average Bonchev–Trinajstić information content (AvgIpc) is 3.18. The molecule has 5 nitrogen and oxygen atoms in total. The highest BCUT2D eigenvalue weighted by Crippen LogP contribution is 2.26. The molecule has 0 radical (unpaired) electrons. The van der Waals surface area contributed by atoms with Gasteiger partial charge in [0.1, 0.15) is 5.76 Å². The van der Waals surface area contributed by atoms with E-state index in [2.05, 4.69) is 10.3 Å². The van der Waals surface area contributed by atoms with Crippen molar-refractivity contribution in [1.82, 2.24) is 10.3 Å². The predicted molar refractivity (Wildman–Crippen MR) is 89.2 cm³/mol. The summed E-state index contributed by atoms with van der Waals surface area (Å²) < 4.78 is 5.67. The van der Waals surface area contributed by atoms with Crippen LogP contribution in [0, 0.1) is 12.8 Å². The van der Waals surface area contributed by atoms with E-state index in [1.807, 2.05) is 24.4 Å². The van der Waals surface area contributed by atoms with E-state index in [4.69, 9.17) is 9.52 Å². The Labute approximate surface area is 139 Å². The van der Waals surface area contributed by atoms with E-state index in [0.29, 0.717) is 23.3 Å². The normalized spacial score (nSPS) is 21.3. The molecule has 0 saturated heterocycles. The smallest absolute Gasteiger partial charge is 0.236 e. The molecular weight excluding hydrogens is 312 g/mol. The van der Waals surface area contributed by atoms with Gasteiger partial charge in [0.05, 0.1) is 17.0 Å². The minimum atomic E-state index is -0.00780. The Morgan fingerprint density at radius 1 is 1.43 bits per heavy atom. The summed E-state index contributed by atoms with van der Waals surface area (Å²) in [5.74, 6) is 1.68. The van der Waals surface area contributed by atoms with Gasteiger partial charge in [0.2, 0.25) is 11.8 Å². The van der Waals surface area contributed by atoms with Gasteiger partial charge in [-0.2, -0.15) is 0 Å². The second-order valence-corrected chi connectivity index (χ2v) is 7.09. The number of thiophene rings is 1. The first-order chi connectivity index (χ1) is 11.2. The van der Waals surface area contributed by atoms with Gasteiger partial charge in [-0.25, -0.2) is 4.98 Å². The number of aliphatic hydroxyl groups is 1. The Kier molecular flexibility index (Phi) is 5.13. The van der Waals surface area contributed by atoms with Crippen LogP contribution in [0.4, 0.5) is 0 Å². The lowest BCUT2D eigenvalue weighted by Crippen LogP contribution is -2.39. The highest BCUT2D eigenvalue weighted by molar-refractivity contribution is 7.13. The van der Waals surface area contributed by atoms with Gasteiger partial charge < -0.3 is 14.8 Å². The van der Waals surface area contributed by atoms with Gasteiger partial charge in [-0.15, -0.1) is 11.3 Å². The first-order valence-electron chi connectivity index (χ1n) is 8.06. The zero-order chi connectivity index (χ0) is 16.2. The summed E-state index contributed by atoms with van der Waals surface area (Å²) in [4.78, 5) is 17.7. The molecule has 2 N–H and O–H groups in total. The number of aliphatic hydroxyl groups excluding tert-OH is 1. The number of hydrogen-bond acceptors (Lipinski definition) is 5. The number of aromatic nitrogens is 1. The fourth-order valence-electron chi connectivity index (χ4n) is 3.02. The molecule has 23 heavy (non-hydrogen) atoms. The lowest BCUT2D eigenvalue weighted by molar-refractivity contribution is -0.121. The summed E-state index contributed by atoms with van der Waals surface area (Å²) in [6, 6.07) is 4.13. The Morgan fingerprint density at radius 2 is 2.22 bits per heavy atom. The van der Waals surface area contributed by atoms with Crippen LogP contribution in [0.2, 0.25) is 0 Å². The number of nitrogens with zero attached hydrogens (tertiary/aromatic N) is 1. The standard InChI is InChI=1S/C17H22N2O3S/c1-11-14(19-17(22-11)15-3-2-8-23-15)9-16(21)18-13-6-4-12(10-20)5-7-13/h2-3,8,12-13,20H,4-7,9-10H2,1H3,(H,18,21). The van der Waals surface area contributed by atoms with E-state index < -0.39 is 0 Å². The number of nitrogens with one attached hydrogen (secondary N) is 1. The third-order valence-electron chi connectivity index (χ3n) is 4.42. The molecule has 1 saturated carbocycles. The highest BCUT2D eigenvalue weighted by atomic mass is 32.1. The number of rotatable bonds is 5. The molecule has 2 heterocycles. The number of oxazole rings is 1. The molecule has 0 aromatic carbocycles. The molecule has 0 aliphatic heterocycles. The third-order valence-corrected chi connectivity index (χ3v) is 5.28. The molecule has 1 aliphatic carbocycles. The number of aryl methyl sites for hydroxylation is 1. The summed E-state index contributed by atoms with van der Waals surface area (Å²) in [5.41, 5.74) is 0.704. The van der Waals surface area contributed by atoms with Crippen LogP contribution < -0.4 is 5.32 Å². The maximum Gasteiger partial charge on any atom is 0.236 e. The van der Waals surface area contributed by atoms with Gasteiger partial charge in [-0.05, 0) is 50.0 Å². The maximum atomic E-state index is 12.2. The first kappa shape index (κ1) is 16.2. The molecule has 0 unspecified atom stereocenters.